The van der Waals surface area contributed by atoms with Crippen molar-refractivity contribution in [2.75, 3.05) is 13.2 Å². The standard InChI is InChI=1S/C26H36N4O12P2/c1-15(2)41-43(35,37-13-19-7-9-21(39-19)29-11-17(5)23(31)27-25(29)33)44(36,42-16(3)4)38-14-20-8-10-22(40-20)30-12-18(6)24(32)28-26(30)34/h7-12,15-16,19-22H,13-14H2,1-6H3,(H,27,31,33)(H,28,32,34)/t19-,20-,21+,22+,43?,44?/m0/s1. The van der Waals surface area contributed by atoms with Crippen molar-refractivity contribution in [3.05, 3.63) is 89.5 Å². The number of aryl methyl sites for hydroxylation is 2. The van der Waals surface area contributed by atoms with Gasteiger partial charge in [0.05, 0.1) is 25.4 Å². The minimum absolute atomic E-state index is 0.299. The normalized spacial score (nSPS) is 24.3. The summed E-state index contributed by atoms with van der Waals surface area (Å²) < 4.78 is 64.8. The molecule has 2 N–H and O–H groups in total. The average molecular weight is 659 g/mol. The summed E-state index contributed by atoms with van der Waals surface area (Å²) in [5.74, 6) is 0. The highest BCUT2D eigenvalue weighted by atomic mass is 32.1. The molecule has 0 aliphatic carbocycles. The molecule has 0 saturated heterocycles. The predicted octanol–water partition coefficient (Wildman–Crippen LogP) is 2.80. The summed E-state index contributed by atoms with van der Waals surface area (Å²) in [5.41, 5.74) is -1.80. The lowest BCUT2D eigenvalue weighted by atomic mass is 10.3. The molecule has 0 amide bonds. The lowest BCUT2D eigenvalue weighted by Gasteiger charge is -2.30. The van der Waals surface area contributed by atoms with Crippen molar-refractivity contribution in [1.82, 2.24) is 19.1 Å². The van der Waals surface area contributed by atoms with E-state index < -0.39 is 87.2 Å². The molecule has 242 valence electrons. The van der Waals surface area contributed by atoms with Crippen LogP contribution < -0.4 is 22.5 Å². The molecule has 18 heteroatoms. The zero-order valence-electron chi connectivity index (χ0n) is 25.0. The Labute approximate surface area is 251 Å². The highest BCUT2D eigenvalue weighted by molar-refractivity contribution is 8.27. The fourth-order valence-corrected chi connectivity index (χ4v) is 9.66. The molecule has 4 heterocycles. The quantitative estimate of drug-likeness (QED) is 0.236. The number of nitrogens with zero attached hydrogens (tertiary/aromatic N) is 2. The maximum Gasteiger partial charge on any atom is 0.441 e. The molecule has 2 aromatic rings. The van der Waals surface area contributed by atoms with Gasteiger partial charge in [0, 0.05) is 23.5 Å². The molecule has 6 atom stereocenters. The second-order valence-electron chi connectivity index (χ2n) is 10.7. The SMILES string of the molecule is Cc1cn([C@H]2C=C[C@@H](COP(=O)(OC(C)C)P(=O)(OC[C@@H]3C=C[C@H](n4cc(C)c(=O)[nH]c4=O)O3)OC(C)C)O2)c(=O)[nH]c1=O. The topological polar surface area (TPSA) is 199 Å². The molecule has 0 bridgehead atoms. The van der Waals surface area contributed by atoms with Crippen LogP contribution in [0.15, 0.2) is 55.9 Å². The third-order valence-electron chi connectivity index (χ3n) is 6.24. The lowest BCUT2D eigenvalue weighted by molar-refractivity contribution is -0.0124. The van der Waals surface area contributed by atoms with E-state index in [0.29, 0.717) is 11.1 Å². The van der Waals surface area contributed by atoms with E-state index in [0.717, 1.165) is 0 Å². The third-order valence-corrected chi connectivity index (χ3v) is 12.2. The first-order valence-corrected chi connectivity index (χ1v) is 17.6. The Kier molecular flexibility index (Phi) is 10.5. The largest absolute Gasteiger partial charge is 0.441 e. The summed E-state index contributed by atoms with van der Waals surface area (Å²) in [6, 6.07) is 0. The molecule has 16 nitrogen and oxygen atoms in total. The van der Waals surface area contributed by atoms with Crippen LogP contribution in [0.5, 0.6) is 0 Å². The van der Waals surface area contributed by atoms with Crippen molar-refractivity contribution >= 4 is 14.6 Å². The van der Waals surface area contributed by atoms with Gasteiger partial charge in [0.1, 0.15) is 12.2 Å². The van der Waals surface area contributed by atoms with E-state index in [4.69, 9.17) is 27.6 Å². The van der Waals surface area contributed by atoms with E-state index in [-0.39, 0.29) is 0 Å². The zero-order valence-corrected chi connectivity index (χ0v) is 26.8. The summed E-state index contributed by atoms with van der Waals surface area (Å²) in [6.45, 7) is 8.55. The molecular formula is C26H36N4O12P2. The van der Waals surface area contributed by atoms with E-state index in [1.807, 2.05) is 0 Å². The van der Waals surface area contributed by atoms with Crippen LogP contribution >= 0.6 is 14.6 Å². The fourth-order valence-electron chi connectivity index (χ4n) is 4.22. The van der Waals surface area contributed by atoms with Gasteiger partial charge in [-0.3, -0.25) is 46.8 Å². The Bertz CT molecular complexity index is 1630. The van der Waals surface area contributed by atoms with Crippen LogP contribution in [-0.4, -0.2) is 56.7 Å². The van der Waals surface area contributed by atoms with Gasteiger partial charge in [0.25, 0.3) is 11.1 Å². The molecule has 2 aromatic heterocycles. The van der Waals surface area contributed by atoms with E-state index >= 15 is 0 Å². The second kappa shape index (κ2) is 13.6. The van der Waals surface area contributed by atoms with Crippen molar-refractivity contribution in [2.45, 2.75) is 78.4 Å². The van der Waals surface area contributed by atoms with Crippen molar-refractivity contribution in [3.8, 4) is 0 Å². The first-order valence-electron chi connectivity index (χ1n) is 13.8. The first kappa shape index (κ1) is 33.9. The van der Waals surface area contributed by atoms with Crippen molar-refractivity contribution in [2.24, 2.45) is 0 Å². The van der Waals surface area contributed by atoms with Crippen LogP contribution in [0.3, 0.4) is 0 Å². The minimum Gasteiger partial charge on any atom is -0.344 e. The maximum atomic E-state index is 14.2. The van der Waals surface area contributed by atoms with Crippen molar-refractivity contribution in [1.29, 1.82) is 0 Å². The lowest BCUT2D eigenvalue weighted by Crippen LogP contribution is -2.33. The van der Waals surface area contributed by atoms with Crippen molar-refractivity contribution in [3.63, 3.8) is 0 Å². The van der Waals surface area contributed by atoms with Crippen LogP contribution in [0.1, 0.15) is 51.3 Å². The van der Waals surface area contributed by atoms with E-state index in [1.54, 1.807) is 52.0 Å². The molecular weight excluding hydrogens is 622 g/mol. The van der Waals surface area contributed by atoms with Crippen LogP contribution in [-0.2, 0) is 36.7 Å². The predicted molar refractivity (Wildman–Crippen MR) is 158 cm³/mol. The number of aromatic nitrogens is 4. The molecule has 2 aliphatic rings. The molecule has 0 saturated carbocycles. The highest BCUT2D eigenvalue weighted by Crippen LogP contribution is 2.84. The number of hydrogen-bond acceptors (Lipinski definition) is 12. The van der Waals surface area contributed by atoms with E-state index in [2.05, 4.69) is 9.97 Å². The Morgan fingerprint density at radius 2 is 1.07 bits per heavy atom. The molecule has 44 heavy (non-hydrogen) atoms. The fraction of sp³-hybridized carbons (Fsp3) is 0.538. The van der Waals surface area contributed by atoms with Gasteiger partial charge in [-0.25, -0.2) is 18.7 Å². The molecule has 0 fully saturated rings. The Morgan fingerprint density at radius 3 is 1.41 bits per heavy atom. The summed E-state index contributed by atoms with van der Waals surface area (Å²) >= 11 is 0. The van der Waals surface area contributed by atoms with Crippen LogP contribution in [0.4, 0.5) is 0 Å². The van der Waals surface area contributed by atoms with Crippen LogP contribution in [0, 0.1) is 13.8 Å². The number of aromatic amines is 2. The summed E-state index contributed by atoms with van der Waals surface area (Å²) in [7, 11) is -9.33. The van der Waals surface area contributed by atoms with Gasteiger partial charge in [-0.15, -0.1) is 0 Å². The number of rotatable bonds is 13. The van der Waals surface area contributed by atoms with Gasteiger partial charge in [-0.1, -0.05) is 12.2 Å². The molecule has 4 rings (SSSR count). The zero-order chi connectivity index (χ0) is 32.4. The van der Waals surface area contributed by atoms with E-state index in [9.17, 15) is 28.3 Å². The molecule has 2 aliphatic heterocycles. The monoisotopic (exact) mass is 658 g/mol. The molecule has 0 spiro atoms. The average Bonchev–Trinajstić information content (AvgIpc) is 3.60. The summed E-state index contributed by atoms with van der Waals surface area (Å²) in [5, 5.41) is 0. The summed E-state index contributed by atoms with van der Waals surface area (Å²) in [6.07, 6.45) is 4.05. The van der Waals surface area contributed by atoms with Gasteiger partial charge in [0.15, 0.2) is 12.5 Å². The molecule has 0 radical (unpaired) electrons. The highest BCUT2D eigenvalue weighted by Gasteiger charge is 2.53. The molecule has 0 aromatic carbocycles. The maximum absolute atomic E-state index is 14.2. The summed E-state index contributed by atoms with van der Waals surface area (Å²) in [4.78, 5) is 52.4. The smallest absolute Gasteiger partial charge is 0.344 e. The van der Waals surface area contributed by atoms with Crippen LogP contribution in [0.2, 0.25) is 0 Å². The number of hydrogen-bond donors (Lipinski definition) is 2. The minimum atomic E-state index is -4.66. The second-order valence-corrected chi connectivity index (χ2v) is 16.4. The first-order chi connectivity index (χ1) is 20.6. The Morgan fingerprint density at radius 1 is 0.705 bits per heavy atom. The molecule has 2 unspecified atom stereocenters. The van der Waals surface area contributed by atoms with E-state index in [1.165, 1.54) is 35.4 Å². The Balaban J connectivity index is 1.47. The van der Waals surface area contributed by atoms with Gasteiger partial charge in [0.2, 0.25) is 0 Å². The van der Waals surface area contributed by atoms with Gasteiger partial charge < -0.3 is 9.47 Å². The number of H-pyrrole nitrogens is 2. The Hall–Kier alpha value is -2.94. The van der Waals surface area contributed by atoms with Gasteiger partial charge in [-0.2, -0.15) is 0 Å². The van der Waals surface area contributed by atoms with Crippen LogP contribution in [0.25, 0.3) is 0 Å². The number of nitrogens with one attached hydrogen (secondary N) is 2. The third kappa shape index (κ3) is 7.64. The number of ether oxygens (including phenoxy) is 2. The van der Waals surface area contributed by atoms with Gasteiger partial charge in [-0.05, 0) is 53.7 Å². The van der Waals surface area contributed by atoms with Gasteiger partial charge >= 0.3 is 25.9 Å². The van der Waals surface area contributed by atoms with Crippen molar-refractivity contribution < 1.29 is 36.7 Å².